The third-order valence-electron chi connectivity index (χ3n) is 2.92. The third kappa shape index (κ3) is 4.16. The van der Waals surface area contributed by atoms with Crippen LogP contribution in [0.25, 0.3) is 0 Å². The summed E-state index contributed by atoms with van der Waals surface area (Å²) in [4.78, 5) is 14.2. The Bertz CT molecular complexity index is 669. The topological polar surface area (TPSA) is 73.9 Å². The van der Waals surface area contributed by atoms with Crippen molar-refractivity contribution in [2.75, 3.05) is 26.0 Å². The molecule has 0 spiro atoms. The van der Waals surface area contributed by atoms with E-state index in [9.17, 15) is 4.79 Å². The second-order valence-electron chi connectivity index (χ2n) is 4.94. The first kappa shape index (κ1) is 14.8. The summed E-state index contributed by atoms with van der Waals surface area (Å²) in [6.07, 6.45) is 3.40. The summed E-state index contributed by atoms with van der Waals surface area (Å²) in [6, 6.07) is 8.60. The number of likely N-dealkylation sites (N-methyl/N-ethyl adjacent to an activating group) is 1. The number of hydrogen-bond acceptors (Lipinski definition) is 4. The molecule has 1 aromatic carbocycles. The summed E-state index contributed by atoms with van der Waals surface area (Å²) in [7, 11) is 3.99. The molecule has 6 heteroatoms. The molecule has 0 unspecified atom stereocenters. The van der Waals surface area contributed by atoms with Crippen LogP contribution in [0.1, 0.15) is 15.9 Å². The highest BCUT2D eigenvalue weighted by Gasteiger charge is 2.08. The molecule has 0 aliphatic heterocycles. The summed E-state index contributed by atoms with van der Waals surface area (Å²) >= 11 is 0. The number of amides is 1. The minimum Gasteiger partial charge on any atom is -0.319 e. The van der Waals surface area contributed by atoms with Crippen molar-refractivity contribution < 1.29 is 4.79 Å². The van der Waals surface area contributed by atoms with Crippen LogP contribution in [0.2, 0.25) is 0 Å². The molecule has 0 fully saturated rings. The number of rotatable bonds is 5. The predicted octanol–water partition coefficient (Wildman–Crippen LogP) is 1.57. The zero-order valence-electron chi connectivity index (χ0n) is 12.1. The SMILES string of the molecule is CN(C)CCn1cc(NC(=O)c2cccc(C#N)c2)cn1. The number of carbonyl (C=O) groups is 1. The Morgan fingerprint density at radius 1 is 1.48 bits per heavy atom. The van der Waals surface area contributed by atoms with Crippen LogP contribution in [0.3, 0.4) is 0 Å². The number of nitrogens with one attached hydrogen (secondary N) is 1. The van der Waals surface area contributed by atoms with Crippen LogP contribution in [0.4, 0.5) is 5.69 Å². The van der Waals surface area contributed by atoms with Crippen molar-refractivity contribution in [3.63, 3.8) is 0 Å². The molecule has 0 radical (unpaired) electrons. The van der Waals surface area contributed by atoms with Gasteiger partial charge in [0.1, 0.15) is 0 Å². The average Bonchev–Trinajstić information content (AvgIpc) is 2.92. The van der Waals surface area contributed by atoms with Gasteiger partial charge in [0, 0.05) is 18.3 Å². The lowest BCUT2D eigenvalue weighted by Gasteiger charge is -2.08. The van der Waals surface area contributed by atoms with Crippen LogP contribution in [0.15, 0.2) is 36.7 Å². The number of anilines is 1. The van der Waals surface area contributed by atoms with Gasteiger partial charge in [0.15, 0.2) is 0 Å². The number of nitriles is 1. The predicted molar refractivity (Wildman–Crippen MR) is 79.9 cm³/mol. The third-order valence-corrected chi connectivity index (χ3v) is 2.92. The monoisotopic (exact) mass is 283 g/mol. The highest BCUT2D eigenvalue weighted by Crippen LogP contribution is 2.10. The van der Waals surface area contributed by atoms with E-state index >= 15 is 0 Å². The number of hydrogen-bond donors (Lipinski definition) is 1. The van der Waals surface area contributed by atoms with Gasteiger partial charge in [-0.3, -0.25) is 9.48 Å². The molecule has 0 atom stereocenters. The van der Waals surface area contributed by atoms with E-state index in [1.165, 1.54) is 0 Å². The maximum absolute atomic E-state index is 12.1. The zero-order chi connectivity index (χ0) is 15.2. The Labute approximate surface area is 123 Å². The van der Waals surface area contributed by atoms with E-state index in [1.54, 1.807) is 41.3 Å². The maximum Gasteiger partial charge on any atom is 0.255 e. The van der Waals surface area contributed by atoms with Gasteiger partial charge < -0.3 is 10.2 Å². The highest BCUT2D eigenvalue weighted by molar-refractivity contribution is 6.04. The van der Waals surface area contributed by atoms with Gasteiger partial charge in [0.05, 0.1) is 30.1 Å². The molecule has 2 rings (SSSR count). The molecule has 1 N–H and O–H groups in total. The number of carbonyl (C=O) groups excluding carboxylic acids is 1. The normalized spacial score (nSPS) is 10.4. The lowest BCUT2D eigenvalue weighted by molar-refractivity contribution is 0.102. The standard InChI is InChI=1S/C15H17N5O/c1-19(2)6-7-20-11-14(10-17-20)18-15(21)13-5-3-4-12(8-13)9-16/h3-5,8,10-11H,6-7H2,1-2H3,(H,18,21). The van der Waals surface area contributed by atoms with E-state index in [-0.39, 0.29) is 5.91 Å². The summed E-state index contributed by atoms with van der Waals surface area (Å²) < 4.78 is 1.78. The molecule has 0 bridgehead atoms. The van der Waals surface area contributed by atoms with Crippen LogP contribution in [0.5, 0.6) is 0 Å². The van der Waals surface area contributed by atoms with Gasteiger partial charge in [-0.1, -0.05) is 6.07 Å². The Morgan fingerprint density at radius 2 is 2.29 bits per heavy atom. The fourth-order valence-electron chi connectivity index (χ4n) is 1.79. The summed E-state index contributed by atoms with van der Waals surface area (Å²) in [5, 5.41) is 15.8. The van der Waals surface area contributed by atoms with E-state index in [1.807, 2.05) is 20.2 Å². The Hall–Kier alpha value is -2.65. The second kappa shape index (κ2) is 6.68. The van der Waals surface area contributed by atoms with Gasteiger partial charge in [-0.25, -0.2) is 0 Å². The quantitative estimate of drug-likeness (QED) is 0.904. The largest absolute Gasteiger partial charge is 0.319 e. The van der Waals surface area contributed by atoms with Crippen LogP contribution in [-0.4, -0.2) is 41.2 Å². The van der Waals surface area contributed by atoms with Crippen LogP contribution >= 0.6 is 0 Å². The smallest absolute Gasteiger partial charge is 0.255 e. The molecule has 0 aliphatic rings. The first-order chi connectivity index (χ1) is 10.1. The van der Waals surface area contributed by atoms with Crippen LogP contribution in [-0.2, 0) is 6.54 Å². The fraction of sp³-hybridized carbons (Fsp3) is 0.267. The van der Waals surface area contributed by atoms with Gasteiger partial charge in [-0.05, 0) is 32.3 Å². The lowest BCUT2D eigenvalue weighted by atomic mass is 10.1. The van der Waals surface area contributed by atoms with Crippen molar-refractivity contribution in [3.8, 4) is 6.07 Å². The minimum atomic E-state index is -0.251. The van der Waals surface area contributed by atoms with Crippen molar-refractivity contribution in [2.24, 2.45) is 0 Å². The Kier molecular flexibility index (Phi) is 4.69. The highest BCUT2D eigenvalue weighted by atomic mass is 16.1. The molecule has 1 amide bonds. The molecule has 0 saturated heterocycles. The number of benzene rings is 1. The summed E-state index contributed by atoms with van der Waals surface area (Å²) in [6.45, 7) is 1.63. The Balaban J connectivity index is 2.01. The van der Waals surface area contributed by atoms with Gasteiger partial charge in [-0.15, -0.1) is 0 Å². The van der Waals surface area contributed by atoms with Gasteiger partial charge in [0.2, 0.25) is 0 Å². The maximum atomic E-state index is 12.1. The molecule has 6 nitrogen and oxygen atoms in total. The van der Waals surface area contributed by atoms with Crippen molar-refractivity contribution in [1.29, 1.82) is 5.26 Å². The summed E-state index contributed by atoms with van der Waals surface area (Å²) in [5.41, 5.74) is 1.56. The van der Waals surface area contributed by atoms with Gasteiger partial charge >= 0.3 is 0 Å². The molecule has 108 valence electrons. The average molecular weight is 283 g/mol. The molecule has 2 aromatic rings. The molecular weight excluding hydrogens is 266 g/mol. The first-order valence-corrected chi connectivity index (χ1v) is 6.57. The van der Waals surface area contributed by atoms with Crippen molar-refractivity contribution >= 4 is 11.6 Å². The molecule has 0 aliphatic carbocycles. The first-order valence-electron chi connectivity index (χ1n) is 6.57. The summed E-state index contributed by atoms with van der Waals surface area (Å²) in [5.74, 6) is -0.251. The Morgan fingerprint density at radius 3 is 3.00 bits per heavy atom. The van der Waals surface area contributed by atoms with E-state index in [2.05, 4.69) is 15.3 Å². The molecule has 0 saturated carbocycles. The number of nitrogens with zero attached hydrogens (tertiary/aromatic N) is 4. The molecule has 21 heavy (non-hydrogen) atoms. The fourth-order valence-corrected chi connectivity index (χ4v) is 1.79. The second-order valence-corrected chi connectivity index (χ2v) is 4.94. The van der Waals surface area contributed by atoms with Gasteiger partial charge in [0.25, 0.3) is 5.91 Å². The van der Waals surface area contributed by atoms with E-state index in [0.717, 1.165) is 13.1 Å². The molecule has 1 heterocycles. The lowest BCUT2D eigenvalue weighted by Crippen LogP contribution is -2.18. The zero-order valence-corrected chi connectivity index (χ0v) is 12.1. The van der Waals surface area contributed by atoms with Crippen molar-refractivity contribution in [2.45, 2.75) is 6.54 Å². The van der Waals surface area contributed by atoms with Crippen LogP contribution in [0, 0.1) is 11.3 Å². The van der Waals surface area contributed by atoms with E-state index in [0.29, 0.717) is 16.8 Å². The minimum absolute atomic E-state index is 0.251. The van der Waals surface area contributed by atoms with E-state index in [4.69, 9.17) is 5.26 Å². The van der Waals surface area contributed by atoms with E-state index < -0.39 is 0 Å². The van der Waals surface area contributed by atoms with Crippen molar-refractivity contribution in [1.82, 2.24) is 14.7 Å². The number of aromatic nitrogens is 2. The van der Waals surface area contributed by atoms with Crippen molar-refractivity contribution in [3.05, 3.63) is 47.8 Å². The molecular formula is C15H17N5O. The molecule has 1 aromatic heterocycles. The van der Waals surface area contributed by atoms with Crippen LogP contribution < -0.4 is 5.32 Å². The van der Waals surface area contributed by atoms with Gasteiger partial charge in [-0.2, -0.15) is 10.4 Å².